The van der Waals surface area contributed by atoms with Crippen molar-refractivity contribution < 1.29 is 0 Å². The minimum absolute atomic E-state index is 0.857. The summed E-state index contributed by atoms with van der Waals surface area (Å²) in [6.07, 6.45) is 6.33. The molecule has 0 atom stereocenters. The normalized spacial score (nSPS) is 11.2. The van der Waals surface area contributed by atoms with Gasteiger partial charge in [0.15, 0.2) is 5.65 Å². The number of benzene rings is 1. The molecule has 4 rings (SSSR count). The highest BCUT2D eigenvalue weighted by Crippen LogP contribution is 2.29. The van der Waals surface area contributed by atoms with Crippen LogP contribution < -0.4 is 0 Å². The molecule has 0 aliphatic rings. The lowest BCUT2D eigenvalue weighted by Crippen LogP contribution is -2.04. The van der Waals surface area contributed by atoms with E-state index in [1.165, 1.54) is 0 Å². The fourth-order valence-corrected chi connectivity index (χ4v) is 2.89. The molecule has 0 saturated carbocycles. The molecule has 5 heteroatoms. The Balaban J connectivity index is 2.08. The lowest BCUT2D eigenvalue weighted by atomic mass is 10.0. The molecule has 0 saturated heterocycles. The van der Waals surface area contributed by atoms with Gasteiger partial charge in [-0.3, -0.25) is 4.57 Å². The molecular weight excluding hydrogens is 286 g/mol. The van der Waals surface area contributed by atoms with Crippen LogP contribution in [0.15, 0.2) is 55.1 Å². The molecule has 0 N–H and O–H groups in total. The van der Waals surface area contributed by atoms with Gasteiger partial charge in [0.25, 0.3) is 0 Å². The van der Waals surface area contributed by atoms with E-state index in [0.717, 1.165) is 40.4 Å². The summed E-state index contributed by atoms with van der Waals surface area (Å²) in [5, 5.41) is 4.81. The average molecular weight is 303 g/mol. The standard InChI is InChI=1S/C18H17N5/c1-3-15-17(14-7-5-4-6-8-14)18-20-13(2)11-16(23(18)21-15)22-10-9-19-12-22/h4-12H,3H2,1-2H3. The van der Waals surface area contributed by atoms with Crippen LogP contribution in [0.2, 0.25) is 0 Å². The van der Waals surface area contributed by atoms with Crippen LogP contribution in [0.5, 0.6) is 0 Å². The summed E-state index contributed by atoms with van der Waals surface area (Å²) in [5.74, 6) is 0.946. The summed E-state index contributed by atoms with van der Waals surface area (Å²) in [5.41, 5.74) is 5.15. The van der Waals surface area contributed by atoms with Gasteiger partial charge in [-0.2, -0.15) is 9.61 Å². The van der Waals surface area contributed by atoms with Crippen molar-refractivity contribution in [3.05, 3.63) is 66.5 Å². The van der Waals surface area contributed by atoms with E-state index in [2.05, 4.69) is 24.0 Å². The summed E-state index contributed by atoms with van der Waals surface area (Å²) in [6, 6.07) is 12.4. The number of hydrogen-bond donors (Lipinski definition) is 0. The van der Waals surface area contributed by atoms with Crippen LogP contribution in [-0.2, 0) is 6.42 Å². The summed E-state index contributed by atoms with van der Waals surface area (Å²) in [7, 11) is 0. The van der Waals surface area contributed by atoms with E-state index >= 15 is 0 Å². The second-order valence-electron chi connectivity index (χ2n) is 5.50. The predicted molar refractivity (Wildman–Crippen MR) is 89.7 cm³/mol. The molecule has 0 radical (unpaired) electrons. The monoisotopic (exact) mass is 303 g/mol. The zero-order valence-corrected chi connectivity index (χ0v) is 13.1. The zero-order chi connectivity index (χ0) is 15.8. The lowest BCUT2D eigenvalue weighted by molar-refractivity contribution is 0.824. The van der Waals surface area contributed by atoms with Gasteiger partial charge >= 0.3 is 0 Å². The highest BCUT2D eigenvalue weighted by Gasteiger charge is 2.17. The van der Waals surface area contributed by atoms with Crippen LogP contribution in [0.25, 0.3) is 22.6 Å². The van der Waals surface area contributed by atoms with Crippen LogP contribution in [0.1, 0.15) is 18.3 Å². The third-order valence-corrected chi connectivity index (χ3v) is 3.94. The summed E-state index contributed by atoms with van der Waals surface area (Å²) < 4.78 is 3.87. The Morgan fingerprint density at radius 3 is 2.65 bits per heavy atom. The highest BCUT2D eigenvalue weighted by molar-refractivity contribution is 5.80. The fourth-order valence-electron chi connectivity index (χ4n) is 2.89. The van der Waals surface area contributed by atoms with Crippen molar-refractivity contribution in [2.24, 2.45) is 0 Å². The first-order chi connectivity index (χ1) is 11.3. The second kappa shape index (κ2) is 5.35. The summed E-state index contributed by atoms with van der Waals surface area (Å²) in [6.45, 7) is 4.13. The SMILES string of the molecule is CCc1nn2c(-n3ccnc3)cc(C)nc2c1-c1ccccc1. The van der Waals surface area contributed by atoms with Gasteiger partial charge in [0, 0.05) is 29.7 Å². The summed E-state index contributed by atoms with van der Waals surface area (Å²) in [4.78, 5) is 8.90. The van der Waals surface area contributed by atoms with Crippen molar-refractivity contribution in [1.82, 2.24) is 24.1 Å². The van der Waals surface area contributed by atoms with E-state index in [9.17, 15) is 0 Å². The maximum absolute atomic E-state index is 4.81. The third-order valence-electron chi connectivity index (χ3n) is 3.94. The van der Waals surface area contributed by atoms with Crippen LogP contribution in [0, 0.1) is 6.92 Å². The molecule has 3 heterocycles. The van der Waals surface area contributed by atoms with Gasteiger partial charge in [0.1, 0.15) is 12.1 Å². The molecule has 0 unspecified atom stereocenters. The second-order valence-corrected chi connectivity index (χ2v) is 5.50. The number of aryl methyl sites for hydroxylation is 2. The highest BCUT2D eigenvalue weighted by atomic mass is 15.3. The van der Waals surface area contributed by atoms with Gasteiger partial charge in [-0.25, -0.2) is 9.97 Å². The smallest absolute Gasteiger partial charge is 0.165 e. The van der Waals surface area contributed by atoms with Crippen LogP contribution in [-0.4, -0.2) is 24.1 Å². The molecule has 4 aromatic rings. The molecule has 0 aliphatic heterocycles. The van der Waals surface area contributed by atoms with Gasteiger partial charge in [0.2, 0.25) is 0 Å². The van der Waals surface area contributed by atoms with E-state index in [4.69, 9.17) is 10.1 Å². The van der Waals surface area contributed by atoms with Crippen molar-refractivity contribution in [1.29, 1.82) is 0 Å². The molecule has 1 aromatic carbocycles. The Bertz CT molecular complexity index is 952. The largest absolute Gasteiger partial charge is 0.290 e. The number of aromatic nitrogens is 5. The van der Waals surface area contributed by atoms with Crippen molar-refractivity contribution in [2.45, 2.75) is 20.3 Å². The third kappa shape index (κ3) is 2.21. The Morgan fingerprint density at radius 2 is 1.96 bits per heavy atom. The molecule has 0 aliphatic carbocycles. The van der Waals surface area contributed by atoms with Gasteiger partial charge in [-0.1, -0.05) is 37.3 Å². The van der Waals surface area contributed by atoms with E-state index in [0.29, 0.717) is 0 Å². The first-order valence-corrected chi connectivity index (χ1v) is 7.71. The van der Waals surface area contributed by atoms with E-state index in [1.807, 2.05) is 46.5 Å². The van der Waals surface area contributed by atoms with Crippen molar-refractivity contribution in [3.63, 3.8) is 0 Å². The van der Waals surface area contributed by atoms with Crippen molar-refractivity contribution >= 4 is 5.65 Å². The van der Waals surface area contributed by atoms with Crippen molar-refractivity contribution in [3.8, 4) is 16.9 Å². The molecule has 0 bridgehead atoms. The molecule has 23 heavy (non-hydrogen) atoms. The topological polar surface area (TPSA) is 48.0 Å². The fraction of sp³-hybridized carbons (Fsp3) is 0.167. The molecule has 3 aromatic heterocycles. The Hall–Kier alpha value is -2.95. The molecule has 5 nitrogen and oxygen atoms in total. The molecular formula is C18H17N5. The molecule has 0 spiro atoms. The lowest BCUT2D eigenvalue weighted by Gasteiger charge is -2.07. The average Bonchev–Trinajstić information content (AvgIpc) is 3.22. The van der Waals surface area contributed by atoms with E-state index in [1.54, 1.807) is 12.5 Å². The summed E-state index contributed by atoms with van der Waals surface area (Å²) >= 11 is 0. The number of rotatable bonds is 3. The molecule has 114 valence electrons. The van der Waals surface area contributed by atoms with Gasteiger partial charge in [0.05, 0.1) is 5.69 Å². The minimum atomic E-state index is 0.857. The zero-order valence-electron chi connectivity index (χ0n) is 13.1. The van der Waals surface area contributed by atoms with E-state index in [-0.39, 0.29) is 0 Å². The number of imidazole rings is 1. The van der Waals surface area contributed by atoms with Gasteiger partial charge in [-0.05, 0) is 18.9 Å². The Labute approximate surface area is 134 Å². The number of nitrogens with zero attached hydrogens (tertiary/aromatic N) is 5. The number of fused-ring (bicyclic) bond motifs is 1. The van der Waals surface area contributed by atoms with Crippen LogP contribution in [0.3, 0.4) is 0 Å². The predicted octanol–water partition coefficient (Wildman–Crippen LogP) is 3.45. The first-order valence-electron chi connectivity index (χ1n) is 7.71. The van der Waals surface area contributed by atoms with Crippen molar-refractivity contribution in [2.75, 3.05) is 0 Å². The quantitative estimate of drug-likeness (QED) is 0.582. The number of hydrogen-bond acceptors (Lipinski definition) is 3. The van der Waals surface area contributed by atoms with Gasteiger partial charge < -0.3 is 0 Å². The van der Waals surface area contributed by atoms with E-state index < -0.39 is 0 Å². The van der Waals surface area contributed by atoms with Crippen LogP contribution >= 0.6 is 0 Å². The first kappa shape index (κ1) is 13.7. The molecule has 0 amide bonds. The maximum atomic E-state index is 4.81. The Kier molecular flexibility index (Phi) is 3.19. The Morgan fingerprint density at radius 1 is 1.13 bits per heavy atom. The van der Waals surface area contributed by atoms with Gasteiger partial charge in [-0.15, -0.1) is 0 Å². The van der Waals surface area contributed by atoms with Crippen LogP contribution in [0.4, 0.5) is 0 Å². The maximum Gasteiger partial charge on any atom is 0.165 e. The minimum Gasteiger partial charge on any atom is -0.290 e. The molecule has 0 fully saturated rings.